The van der Waals surface area contributed by atoms with Crippen LogP contribution in [-0.2, 0) is 17.8 Å². The summed E-state index contributed by atoms with van der Waals surface area (Å²) < 4.78 is 20.2. The molecule has 0 fully saturated rings. The van der Waals surface area contributed by atoms with E-state index in [9.17, 15) is 14.4 Å². The standard InChI is InChI=1S/C23H23FN4O2/c1-3-30-23(29)21-20(26)19(13-25)22(27(2)14-16-7-5-4-6-8-16)28(21)15-17-9-11-18(24)12-10-17/h4-12H,3,14-15,26H2,1-2H3. The fourth-order valence-electron chi connectivity index (χ4n) is 3.41. The van der Waals surface area contributed by atoms with Gasteiger partial charge in [-0.1, -0.05) is 42.5 Å². The van der Waals surface area contributed by atoms with Crippen LogP contribution in [0.25, 0.3) is 0 Å². The van der Waals surface area contributed by atoms with Crippen LogP contribution in [0.3, 0.4) is 0 Å². The fourth-order valence-corrected chi connectivity index (χ4v) is 3.41. The van der Waals surface area contributed by atoms with Gasteiger partial charge in [-0.3, -0.25) is 0 Å². The number of nitriles is 1. The number of nitrogen functional groups attached to an aromatic ring is 1. The Balaban J connectivity index is 2.12. The highest BCUT2D eigenvalue weighted by molar-refractivity contribution is 5.97. The molecule has 6 nitrogen and oxygen atoms in total. The summed E-state index contributed by atoms with van der Waals surface area (Å²) in [4.78, 5) is 14.6. The van der Waals surface area contributed by atoms with Crippen molar-refractivity contribution in [3.63, 3.8) is 0 Å². The number of ether oxygens (including phenoxy) is 1. The number of hydrogen-bond acceptors (Lipinski definition) is 5. The van der Waals surface area contributed by atoms with Gasteiger partial charge in [0.15, 0.2) is 5.69 Å². The lowest BCUT2D eigenvalue weighted by atomic mass is 10.2. The third kappa shape index (κ3) is 4.28. The van der Waals surface area contributed by atoms with Crippen LogP contribution >= 0.6 is 0 Å². The van der Waals surface area contributed by atoms with Gasteiger partial charge in [-0.15, -0.1) is 0 Å². The lowest BCUT2D eigenvalue weighted by Gasteiger charge is -2.23. The Hall–Kier alpha value is -3.79. The monoisotopic (exact) mass is 406 g/mol. The highest BCUT2D eigenvalue weighted by atomic mass is 19.1. The zero-order chi connectivity index (χ0) is 21.7. The first kappa shape index (κ1) is 20.9. The van der Waals surface area contributed by atoms with Gasteiger partial charge in [0.1, 0.15) is 23.3 Å². The van der Waals surface area contributed by atoms with Gasteiger partial charge in [-0.05, 0) is 30.2 Å². The molecule has 0 amide bonds. The number of carbonyl (C=O) groups is 1. The molecule has 0 radical (unpaired) electrons. The zero-order valence-corrected chi connectivity index (χ0v) is 16.9. The molecule has 1 heterocycles. The van der Waals surface area contributed by atoms with E-state index in [2.05, 4.69) is 6.07 Å². The van der Waals surface area contributed by atoms with Crippen molar-refractivity contribution >= 4 is 17.5 Å². The highest BCUT2D eigenvalue weighted by Gasteiger charge is 2.28. The average Bonchev–Trinajstić information content (AvgIpc) is 3.01. The van der Waals surface area contributed by atoms with Gasteiger partial charge < -0.3 is 19.9 Å². The molecule has 154 valence electrons. The second-order valence-electron chi connectivity index (χ2n) is 6.85. The number of hydrogen-bond donors (Lipinski definition) is 1. The molecule has 0 spiro atoms. The third-order valence-corrected chi connectivity index (χ3v) is 4.73. The first-order valence-electron chi connectivity index (χ1n) is 9.54. The van der Waals surface area contributed by atoms with Gasteiger partial charge in [-0.25, -0.2) is 9.18 Å². The number of rotatable bonds is 7. The number of benzene rings is 2. The van der Waals surface area contributed by atoms with Crippen LogP contribution in [-0.4, -0.2) is 24.2 Å². The molecule has 0 bridgehead atoms. The Kier molecular flexibility index (Phi) is 6.38. The molecule has 0 saturated carbocycles. The number of anilines is 2. The van der Waals surface area contributed by atoms with E-state index >= 15 is 0 Å². The number of aromatic nitrogens is 1. The topological polar surface area (TPSA) is 84.3 Å². The van der Waals surface area contributed by atoms with Crippen LogP contribution in [0, 0.1) is 17.1 Å². The summed E-state index contributed by atoms with van der Waals surface area (Å²) in [6.07, 6.45) is 0. The van der Waals surface area contributed by atoms with E-state index in [0.29, 0.717) is 12.4 Å². The molecule has 2 N–H and O–H groups in total. The summed E-state index contributed by atoms with van der Waals surface area (Å²) >= 11 is 0. The van der Waals surface area contributed by atoms with Crippen LogP contribution in [0.15, 0.2) is 54.6 Å². The minimum atomic E-state index is -0.604. The predicted molar refractivity (Wildman–Crippen MR) is 114 cm³/mol. The van der Waals surface area contributed by atoms with E-state index in [1.165, 1.54) is 12.1 Å². The van der Waals surface area contributed by atoms with Crippen LogP contribution in [0.5, 0.6) is 0 Å². The predicted octanol–water partition coefficient (Wildman–Crippen LogP) is 3.94. The van der Waals surface area contributed by atoms with Gasteiger partial charge in [0.05, 0.1) is 12.3 Å². The Morgan fingerprint density at radius 3 is 2.43 bits per heavy atom. The molecule has 0 saturated heterocycles. The summed E-state index contributed by atoms with van der Waals surface area (Å²) in [5, 5.41) is 9.79. The third-order valence-electron chi connectivity index (χ3n) is 4.73. The maximum atomic E-state index is 13.4. The first-order chi connectivity index (χ1) is 14.5. The molecule has 30 heavy (non-hydrogen) atoms. The van der Waals surface area contributed by atoms with Crippen molar-refractivity contribution in [3.05, 3.63) is 82.8 Å². The lowest BCUT2D eigenvalue weighted by Crippen LogP contribution is -2.23. The van der Waals surface area contributed by atoms with Crippen LogP contribution in [0.2, 0.25) is 0 Å². The van der Waals surface area contributed by atoms with E-state index in [1.54, 1.807) is 23.6 Å². The van der Waals surface area contributed by atoms with E-state index in [4.69, 9.17) is 10.5 Å². The van der Waals surface area contributed by atoms with Crippen LogP contribution in [0.1, 0.15) is 34.1 Å². The number of carbonyl (C=O) groups excluding carboxylic acids is 1. The van der Waals surface area contributed by atoms with Crippen molar-refractivity contribution in [3.8, 4) is 6.07 Å². The largest absolute Gasteiger partial charge is 0.461 e. The van der Waals surface area contributed by atoms with E-state index in [-0.39, 0.29) is 35.9 Å². The van der Waals surface area contributed by atoms with Crippen LogP contribution in [0.4, 0.5) is 15.9 Å². The Morgan fingerprint density at radius 2 is 1.83 bits per heavy atom. The second kappa shape index (κ2) is 9.14. The van der Waals surface area contributed by atoms with Crippen molar-refractivity contribution in [2.75, 3.05) is 24.3 Å². The molecule has 1 aromatic heterocycles. The number of esters is 1. The van der Waals surface area contributed by atoms with Crippen LogP contribution < -0.4 is 10.6 Å². The molecule has 3 aromatic rings. The summed E-state index contributed by atoms with van der Waals surface area (Å²) in [5.41, 5.74) is 8.42. The Bertz CT molecular complexity index is 1070. The fraction of sp³-hybridized carbons (Fsp3) is 0.217. The number of nitrogens with zero attached hydrogens (tertiary/aromatic N) is 3. The SMILES string of the molecule is CCOC(=O)c1c(N)c(C#N)c(N(C)Cc2ccccc2)n1Cc1ccc(F)cc1. The minimum absolute atomic E-state index is 0.0768. The van der Waals surface area contributed by atoms with E-state index < -0.39 is 5.97 Å². The molecule has 0 aliphatic rings. The quantitative estimate of drug-likeness (QED) is 0.601. The van der Waals surface area contributed by atoms with Gasteiger partial charge in [-0.2, -0.15) is 5.26 Å². The van der Waals surface area contributed by atoms with Crippen molar-refractivity contribution in [2.24, 2.45) is 0 Å². The summed E-state index contributed by atoms with van der Waals surface area (Å²) in [5.74, 6) is -0.449. The van der Waals surface area contributed by atoms with Gasteiger partial charge >= 0.3 is 5.97 Å². The Labute approximate surface area is 174 Å². The van der Waals surface area contributed by atoms with Gasteiger partial charge in [0, 0.05) is 20.1 Å². The molecule has 0 aliphatic carbocycles. The van der Waals surface area contributed by atoms with E-state index in [1.807, 2.05) is 42.3 Å². The van der Waals surface area contributed by atoms with Crippen molar-refractivity contribution in [1.29, 1.82) is 5.26 Å². The minimum Gasteiger partial charge on any atom is -0.461 e. The second-order valence-corrected chi connectivity index (χ2v) is 6.85. The van der Waals surface area contributed by atoms with Gasteiger partial charge in [0.2, 0.25) is 0 Å². The molecule has 2 aromatic carbocycles. The average molecular weight is 406 g/mol. The van der Waals surface area contributed by atoms with Crippen molar-refractivity contribution in [1.82, 2.24) is 4.57 Å². The molecule has 0 aliphatic heterocycles. The molecule has 0 atom stereocenters. The molecule has 3 rings (SSSR count). The summed E-state index contributed by atoms with van der Waals surface area (Å²) in [7, 11) is 1.83. The van der Waals surface area contributed by atoms with Gasteiger partial charge in [0.25, 0.3) is 0 Å². The summed E-state index contributed by atoms with van der Waals surface area (Å²) in [6, 6.07) is 17.9. The van der Waals surface area contributed by atoms with E-state index in [0.717, 1.165) is 11.1 Å². The Morgan fingerprint density at radius 1 is 1.17 bits per heavy atom. The zero-order valence-electron chi connectivity index (χ0n) is 16.9. The summed E-state index contributed by atoms with van der Waals surface area (Å²) in [6.45, 7) is 2.62. The van der Waals surface area contributed by atoms with Crippen molar-refractivity contribution < 1.29 is 13.9 Å². The molecular weight excluding hydrogens is 383 g/mol. The normalized spacial score (nSPS) is 10.5. The maximum Gasteiger partial charge on any atom is 0.357 e. The number of halogens is 1. The van der Waals surface area contributed by atoms with Crippen molar-refractivity contribution in [2.45, 2.75) is 20.0 Å². The maximum absolute atomic E-state index is 13.4. The smallest absolute Gasteiger partial charge is 0.357 e. The number of nitrogens with two attached hydrogens (primary N) is 1. The first-order valence-corrected chi connectivity index (χ1v) is 9.54. The molecule has 7 heteroatoms. The highest BCUT2D eigenvalue weighted by Crippen LogP contribution is 2.34. The molecular formula is C23H23FN4O2. The lowest BCUT2D eigenvalue weighted by molar-refractivity contribution is 0.0516. The molecule has 0 unspecified atom stereocenters.